The van der Waals surface area contributed by atoms with Crippen LogP contribution in [0.25, 0.3) is 21.3 Å². The smallest absolute Gasteiger partial charge is 0.326 e. The second-order valence-corrected chi connectivity index (χ2v) is 7.49. The molecule has 0 aliphatic heterocycles. The molecule has 0 spiro atoms. The zero-order valence-electron chi connectivity index (χ0n) is 15.2. The van der Waals surface area contributed by atoms with Crippen LogP contribution in [-0.2, 0) is 22.5 Å². The summed E-state index contributed by atoms with van der Waals surface area (Å²) in [6.07, 6.45) is 2.39. The Bertz CT molecular complexity index is 971. The van der Waals surface area contributed by atoms with Crippen molar-refractivity contribution in [2.24, 2.45) is 5.92 Å². The molecule has 2 heterocycles. The van der Waals surface area contributed by atoms with Crippen LogP contribution in [0.5, 0.6) is 0 Å². The van der Waals surface area contributed by atoms with E-state index < -0.39 is 5.97 Å². The summed E-state index contributed by atoms with van der Waals surface area (Å²) in [5.41, 5.74) is 2.87. The lowest BCUT2D eigenvalue weighted by atomic mass is 10.0. The summed E-state index contributed by atoms with van der Waals surface area (Å²) < 4.78 is 6.49. The van der Waals surface area contributed by atoms with Crippen molar-refractivity contribution >= 4 is 27.5 Å². The minimum atomic E-state index is -0.425. The number of benzene rings is 1. The Morgan fingerprint density at radius 2 is 2.00 bits per heavy atom. The van der Waals surface area contributed by atoms with Crippen molar-refractivity contribution in [3.63, 3.8) is 0 Å². The Balaban J connectivity index is 1.95. The maximum Gasteiger partial charge on any atom is 0.326 e. The van der Waals surface area contributed by atoms with Gasteiger partial charge in [-0.1, -0.05) is 45.0 Å². The standard InChI is InChI=1S/C20H22N2O3S/c1-4-14-5-7-15(8-6-14)16-11-26-19-18(16)20(24)22(12-21-19)9-17(23)25-10-13(2)3/h5-8,11-13H,4,9-10H2,1-3H3. The minimum Gasteiger partial charge on any atom is -0.464 e. The molecule has 0 aliphatic carbocycles. The quantitative estimate of drug-likeness (QED) is 0.618. The van der Waals surface area contributed by atoms with Gasteiger partial charge in [0.15, 0.2) is 0 Å². The summed E-state index contributed by atoms with van der Waals surface area (Å²) in [6.45, 7) is 6.26. The number of carbonyl (C=O) groups is 1. The molecule has 3 rings (SSSR count). The predicted octanol–water partition coefficient (Wildman–Crippen LogP) is 3.89. The Kier molecular flexibility index (Phi) is 5.52. The second-order valence-electron chi connectivity index (χ2n) is 6.63. The Hall–Kier alpha value is -2.47. The molecular formula is C20H22N2O3S. The molecule has 0 atom stereocenters. The van der Waals surface area contributed by atoms with E-state index in [0.717, 1.165) is 17.5 Å². The number of aromatic nitrogens is 2. The summed E-state index contributed by atoms with van der Waals surface area (Å²) in [6, 6.07) is 8.18. The Labute approximate surface area is 156 Å². The first-order valence-electron chi connectivity index (χ1n) is 8.71. The van der Waals surface area contributed by atoms with E-state index in [4.69, 9.17) is 4.74 Å². The summed E-state index contributed by atoms with van der Waals surface area (Å²) >= 11 is 1.43. The molecule has 0 N–H and O–H groups in total. The number of thiophene rings is 1. The van der Waals surface area contributed by atoms with Crippen molar-refractivity contribution in [3.8, 4) is 11.1 Å². The number of nitrogens with zero attached hydrogens (tertiary/aromatic N) is 2. The molecule has 0 amide bonds. The monoisotopic (exact) mass is 370 g/mol. The van der Waals surface area contributed by atoms with Gasteiger partial charge in [-0.2, -0.15) is 0 Å². The summed E-state index contributed by atoms with van der Waals surface area (Å²) in [5, 5.41) is 2.50. The lowest BCUT2D eigenvalue weighted by Crippen LogP contribution is -2.26. The number of hydrogen-bond acceptors (Lipinski definition) is 5. The van der Waals surface area contributed by atoms with Gasteiger partial charge in [0, 0.05) is 10.9 Å². The zero-order valence-corrected chi connectivity index (χ0v) is 16.0. The van der Waals surface area contributed by atoms with E-state index in [1.807, 2.05) is 31.4 Å². The molecule has 0 saturated carbocycles. The van der Waals surface area contributed by atoms with Gasteiger partial charge >= 0.3 is 5.97 Å². The number of esters is 1. The van der Waals surface area contributed by atoms with Gasteiger partial charge in [0.05, 0.1) is 18.3 Å². The highest BCUT2D eigenvalue weighted by Gasteiger charge is 2.15. The molecule has 0 fully saturated rings. The molecule has 1 aromatic carbocycles. The van der Waals surface area contributed by atoms with E-state index in [1.165, 1.54) is 27.8 Å². The summed E-state index contributed by atoms with van der Waals surface area (Å²) in [5.74, 6) is -0.170. The largest absolute Gasteiger partial charge is 0.464 e. The van der Waals surface area contributed by atoms with Crippen molar-refractivity contribution < 1.29 is 9.53 Å². The zero-order chi connectivity index (χ0) is 18.7. The third-order valence-corrected chi connectivity index (χ3v) is 5.00. The van der Waals surface area contributed by atoms with Crippen LogP contribution in [0.3, 0.4) is 0 Å². The molecular weight excluding hydrogens is 348 g/mol. The lowest BCUT2D eigenvalue weighted by molar-refractivity contribution is -0.145. The summed E-state index contributed by atoms with van der Waals surface area (Å²) in [7, 11) is 0. The third-order valence-electron chi connectivity index (χ3n) is 4.11. The van der Waals surface area contributed by atoms with Crippen molar-refractivity contribution in [2.45, 2.75) is 33.7 Å². The highest BCUT2D eigenvalue weighted by Crippen LogP contribution is 2.30. The van der Waals surface area contributed by atoms with E-state index >= 15 is 0 Å². The molecule has 2 aromatic heterocycles. The normalized spacial score (nSPS) is 11.2. The topological polar surface area (TPSA) is 61.2 Å². The van der Waals surface area contributed by atoms with Crippen molar-refractivity contribution in [3.05, 3.63) is 51.9 Å². The van der Waals surface area contributed by atoms with Gasteiger partial charge in [0.25, 0.3) is 5.56 Å². The van der Waals surface area contributed by atoms with Crippen LogP contribution >= 0.6 is 11.3 Å². The van der Waals surface area contributed by atoms with Crippen LogP contribution in [0, 0.1) is 5.92 Å². The average Bonchev–Trinajstić information content (AvgIpc) is 3.07. The fourth-order valence-electron chi connectivity index (χ4n) is 2.66. The molecule has 6 heteroatoms. The molecule has 0 unspecified atom stereocenters. The van der Waals surface area contributed by atoms with E-state index in [1.54, 1.807) is 0 Å². The second kappa shape index (κ2) is 7.83. The van der Waals surface area contributed by atoms with Crippen LogP contribution in [-0.4, -0.2) is 22.1 Å². The maximum absolute atomic E-state index is 12.9. The first-order chi connectivity index (χ1) is 12.5. The van der Waals surface area contributed by atoms with Gasteiger partial charge in [-0.05, 0) is 23.5 Å². The number of carbonyl (C=O) groups excluding carboxylic acids is 1. The van der Waals surface area contributed by atoms with Gasteiger partial charge in [0.1, 0.15) is 11.4 Å². The number of aryl methyl sites for hydroxylation is 1. The van der Waals surface area contributed by atoms with Gasteiger partial charge in [-0.25, -0.2) is 4.98 Å². The van der Waals surface area contributed by atoms with Crippen molar-refractivity contribution in [1.82, 2.24) is 9.55 Å². The molecule has 0 bridgehead atoms. The van der Waals surface area contributed by atoms with Crippen molar-refractivity contribution in [1.29, 1.82) is 0 Å². The van der Waals surface area contributed by atoms with Gasteiger partial charge in [0.2, 0.25) is 0 Å². The number of hydrogen-bond donors (Lipinski definition) is 0. The van der Waals surface area contributed by atoms with Crippen LogP contribution in [0.1, 0.15) is 26.3 Å². The van der Waals surface area contributed by atoms with E-state index in [-0.39, 0.29) is 18.0 Å². The van der Waals surface area contributed by atoms with Gasteiger partial charge < -0.3 is 4.74 Å². The molecule has 136 valence electrons. The highest BCUT2D eigenvalue weighted by atomic mass is 32.1. The van der Waals surface area contributed by atoms with Crippen LogP contribution in [0.2, 0.25) is 0 Å². The molecule has 3 aromatic rings. The lowest BCUT2D eigenvalue weighted by Gasteiger charge is -2.09. The number of rotatable bonds is 6. The van der Waals surface area contributed by atoms with E-state index in [9.17, 15) is 9.59 Å². The molecule has 0 aliphatic rings. The first-order valence-corrected chi connectivity index (χ1v) is 9.59. The maximum atomic E-state index is 12.9. The van der Waals surface area contributed by atoms with E-state index in [2.05, 4.69) is 24.0 Å². The highest BCUT2D eigenvalue weighted by molar-refractivity contribution is 7.17. The van der Waals surface area contributed by atoms with Crippen LogP contribution in [0.15, 0.2) is 40.8 Å². The van der Waals surface area contributed by atoms with Gasteiger partial charge in [-0.15, -0.1) is 11.3 Å². The molecule has 0 saturated heterocycles. The Morgan fingerprint density at radius 1 is 1.27 bits per heavy atom. The fourth-order valence-corrected chi connectivity index (χ4v) is 3.56. The molecule has 0 radical (unpaired) electrons. The first kappa shape index (κ1) is 18.3. The van der Waals surface area contributed by atoms with E-state index in [0.29, 0.717) is 16.8 Å². The minimum absolute atomic E-state index is 0.126. The summed E-state index contributed by atoms with van der Waals surface area (Å²) in [4.78, 5) is 29.9. The molecule has 5 nitrogen and oxygen atoms in total. The Morgan fingerprint density at radius 3 is 2.65 bits per heavy atom. The van der Waals surface area contributed by atoms with Crippen LogP contribution < -0.4 is 5.56 Å². The fraction of sp³-hybridized carbons (Fsp3) is 0.350. The number of fused-ring (bicyclic) bond motifs is 1. The average molecular weight is 370 g/mol. The van der Waals surface area contributed by atoms with Crippen LogP contribution in [0.4, 0.5) is 0 Å². The third kappa shape index (κ3) is 3.85. The van der Waals surface area contributed by atoms with Crippen molar-refractivity contribution in [2.75, 3.05) is 6.61 Å². The van der Waals surface area contributed by atoms with Gasteiger partial charge in [-0.3, -0.25) is 14.2 Å². The SMILES string of the molecule is CCc1ccc(-c2csc3ncn(CC(=O)OCC(C)C)c(=O)c23)cc1. The number of ether oxygens (including phenoxy) is 1. The molecule has 26 heavy (non-hydrogen) atoms. The predicted molar refractivity (Wildman–Crippen MR) is 104 cm³/mol.